The van der Waals surface area contributed by atoms with Crippen molar-refractivity contribution in [3.05, 3.63) is 40.4 Å². The summed E-state index contributed by atoms with van der Waals surface area (Å²) in [6, 6.07) is 5.80. The van der Waals surface area contributed by atoms with Gasteiger partial charge in [0.2, 0.25) is 5.91 Å². The summed E-state index contributed by atoms with van der Waals surface area (Å²) in [4.78, 5) is 28.9. The Bertz CT molecular complexity index is 785. The van der Waals surface area contributed by atoms with E-state index in [1.54, 1.807) is 10.3 Å². The molecule has 7 nitrogen and oxygen atoms in total. The molecule has 0 fully saturated rings. The number of methoxy groups -OCH3 is 1. The topological polar surface area (TPSA) is 83.9 Å². The number of aromatic nitrogens is 1. The van der Waals surface area contributed by atoms with Crippen molar-refractivity contribution in [3.63, 3.8) is 0 Å². The highest BCUT2D eigenvalue weighted by Gasteiger charge is 2.18. The largest absolute Gasteiger partial charge is 0.452 e. The molecule has 2 rings (SSSR count). The molecule has 24 heavy (non-hydrogen) atoms. The predicted molar refractivity (Wildman–Crippen MR) is 94.0 cm³/mol. The number of hydrogen-bond donors (Lipinski definition) is 1. The van der Waals surface area contributed by atoms with Gasteiger partial charge in [-0.2, -0.15) is 5.10 Å². The molecule has 1 heterocycles. The number of thiazole rings is 1. The van der Waals surface area contributed by atoms with Gasteiger partial charge in [0.25, 0.3) is 0 Å². The first-order chi connectivity index (χ1) is 11.4. The maximum Gasteiger partial charge on any atom is 0.427 e. The molecule has 1 aromatic carbocycles. The van der Waals surface area contributed by atoms with Crippen molar-refractivity contribution in [3.8, 4) is 0 Å². The first-order valence-electron chi connectivity index (χ1n) is 7.13. The monoisotopic (exact) mass is 346 g/mol. The summed E-state index contributed by atoms with van der Waals surface area (Å²) in [7, 11) is 1.25. The average molecular weight is 346 g/mol. The molecule has 8 heteroatoms. The number of nitrogens with zero attached hydrogens (tertiary/aromatic N) is 3. The molecule has 1 N–H and O–H groups in total. The lowest BCUT2D eigenvalue weighted by Gasteiger charge is -2.19. The molecule has 126 valence electrons. The lowest BCUT2D eigenvalue weighted by Crippen LogP contribution is -2.22. The number of carbonyl (C=O) groups is 2. The molecule has 0 spiro atoms. The Morgan fingerprint density at radius 1 is 1.33 bits per heavy atom. The number of hydrogen-bond acceptors (Lipinski definition) is 6. The standard InChI is InChI=1S/C16H18N4O3S/c1-10-5-6-14(7-11(10)2)20(12(3)21)15-18-13(9-24-15)8-17-19-16(22)23-4/h5-9H,1-4H3,(H,19,22)/b17-8-. The molecule has 0 aliphatic rings. The highest BCUT2D eigenvalue weighted by Crippen LogP contribution is 2.29. The molecule has 1 aromatic heterocycles. The second-order valence-electron chi connectivity index (χ2n) is 5.04. The Labute approximate surface area is 144 Å². The third-order valence-electron chi connectivity index (χ3n) is 3.30. The predicted octanol–water partition coefficient (Wildman–Crippen LogP) is 3.13. The smallest absolute Gasteiger partial charge is 0.427 e. The number of nitrogens with one attached hydrogen (secondary N) is 1. The number of benzene rings is 1. The molecule has 0 aliphatic heterocycles. The first kappa shape index (κ1) is 17.6. The molecular formula is C16H18N4O3S. The number of amides is 2. The van der Waals surface area contributed by atoms with Crippen LogP contribution in [-0.4, -0.2) is 30.3 Å². The van der Waals surface area contributed by atoms with Crippen LogP contribution in [0.1, 0.15) is 23.7 Å². The van der Waals surface area contributed by atoms with Crippen LogP contribution in [0.2, 0.25) is 0 Å². The van der Waals surface area contributed by atoms with E-state index in [0.29, 0.717) is 10.8 Å². The van der Waals surface area contributed by atoms with Crippen LogP contribution in [0, 0.1) is 13.8 Å². The molecule has 0 saturated heterocycles. The van der Waals surface area contributed by atoms with E-state index in [1.807, 2.05) is 32.0 Å². The maximum atomic E-state index is 12.1. The van der Waals surface area contributed by atoms with Gasteiger partial charge in [0.1, 0.15) is 0 Å². The number of rotatable bonds is 4. The molecule has 0 unspecified atom stereocenters. The molecule has 0 atom stereocenters. The second kappa shape index (κ2) is 7.69. The summed E-state index contributed by atoms with van der Waals surface area (Å²) in [5, 5.41) is 6.00. The summed E-state index contributed by atoms with van der Waals surface area (Å²) < 4.78 is 4.41. The van der Waals surface area contributed by atoms with Gasteiger partial charge in [0.05, 0.1) is 24.7 Å². The van der Waals surface area contributed by atoms with Crippen LogP contribution < -0.4 is 10.3 Å². The molecule has 2 amide bonds. The average Bonchev–Trinajstić information content (AvgIpc) is 2.98. The van der Waals surface area contributed by atoms with Crippen molar-refractivity contribution in [1.82, 2.24) is 10.4 Å². The maximum absolute atomic E-state index is 12.1. The quantitative estimate of drug-likeness (QED) is 0.681. The number of carbonyl (C=O) groups excluding carboxylic acids is 2. The third kappa shape index (κ3) is 4.17. The lowest BCUT2D eigenvalue weighted by molar-refractivity contribution is -0.115. The zero-order valence-electron chi connectivity index (χ0n) is 13.9. The zero-order valence-corrected chi connectivity index (χ0v) is 14.7. The zero-order chi connectivity index (χ0) is 17.7. The van der Waals surface area contributed by atoms with E-state index < -0.39 is 6.09 Å². The number of ether oxygens (including phenoxy) is 1. The Morgan fingerprint density at radius 3 is 2.71 bits per heavy atom. The lowest BCUT2D eigenvalue weighted by atomic mass is 10.1. The van der Waals surface area contributed by atoms with E-state index in [0.717, 1.165) is 16.8 Å². The van der Waals surface area contributed by atoms with Gasteiger partial charge >= 0.3 is 6.09 Å². The Morgan fingerprint density at radius 2 is 2.08 bits per heavy atom. The minimum absolute atomic E-state index is 0.135. The van der Waals surface area contributed by atoms with E-state index in [4.69, 9.17) is 0 Å². The van der Waals surface area contributed by atoms with Gasteiger partial charge in [-0.05, 0) is 37.1 Å². The van der Waals surface area contributed by atoms with E-state index in [2.05, 4.69) is 20.2 Å². The first-order valence-corrected chi connectivity index (χ1v) is 8.01. The van der Waals surface area contributed by atoms with Gasteiger partial charge < -0.3 is 4.74 Å². The number of aryl methyl sites for hydroxylation is 2. The highest BCUT2D eigenvalue weighted by molar-refractivity contribution is 7.14. The van der Waals surface area contributed by atoms with Crippen molar-refractivity contribution < 1.29 is 14.3 Å². The minimum atomic E-state index is -0.665. The normalized spacial score (nSPS) is 10.7. The van der Waals surface area contributed by atoms with Gasteiger partial charge in [0.15, 0.2) is 5.13 Å². The fraction of sp³-hybridized carbons (Fsp3) is 0.250. The van der Waals surface area contributed by atoms with Gasteiger partial charge in [-0.25, -0.2) is 15.2 Å². The van der Waals surface area contributed by atoms with E-state index in [9.17, 15) is 9.59 Å². The van der Waals surface area contributed by atoms with E-state index in [-0.39, 0.29) is 5.91 Å². The number of hydrazone groups is 1. The Hall–Kier alpha value is -2.74. The van der Waals surface area contributed by atoms with E-state index in [1.165, 1.54) is 31.6 Å². The molecule has 0 radical (unpaired) electrons. The van der Waals surface area contributed by atoms with Crippen LogP contribution in [0.5, 0.6) is 0 Å². The molecule has 0 aliphatic carbocycles. The van der Waals surface area contributed by atoms with Crippen LogP contribution in [0.15, 0.2) is 28.7 Å². The summed E-state index contributed by atoms with van der Waals surface area (Å²) in [5.74, 6) is -0.135. The number of anilines is 2. The third-order valence-corrected chi connectivity index (χ3v) is 4.15. The summed E-state index contributed by atoms with van der Waals surface area (Å²) in [6.45, 7) is 5.50. The van der Waals surface area contributed by atoms with Crippen LogP contribution in [0.4, 0.5) is 15.6 Å². The molecular weight excluding hydrogens is 328 g/mol. The van der Waals surface area contributed by atoms with Crippen molar-refractivity contribution in [1.29, 1.82) is 0 Å². The fourth-order valence-electron chi connectivity index (χ4n) is 1.93. The van der Waals surface area contributed by atoms with Crippen molar-refractivity contribution in [2.75, 3.05) is 12.0 Å². The van der Waals surface area contributed by atoms with Crippen LogP contribution in [0.25, 0.3) is 0 Å². The SMILES string of the molecule is COC(=O)N/N=C\c1csc(N(C(C)=O)c2ccc(C)c(C)c2)n1. The summed E-state index contributed by atoms with van der Waals surface area (Å²) in [5.41, 5.74) is 5.72. The van der Waals surface area contributed by atoms with Crippen LogP contribution >= 0.6 is 11.3 Å². The molecule has 2 aromatic rings. The van der Waals surface area contributed by atoms with Gasteiger partial charge in [0, 0.05) is 12.3 Å². The van der Waals surface area contributed by atoms with Crippen LogP contribution in [0.3, 0.4) is 0 Å². The highest BCUT2D eigenvalue weighted by atomic mass is 32.1. The Kier molecular flexibility index (Phi) is 5.64. The fourth-order valence-corrected chi connectivity index (χ4v) is 2.76. The second-order valence-corrected chi connectivity index (χ2v) is 5.88. The molecule has 0 saturated carbocycles. The van der Waals surface area contributed by atoms with Crippen molar-refractivity contribution in [2.24, 2.45) is 5.10 Å². The molecule has 0 bridgehead atoms. The van der Waals surface area contributed by atoms with Crippen molar-refractivity contribution in [2.45, 2.75) is 20.8 Å². The Balaban J connectivity index is 2.25. The van der Waals surface area contributed by atoms with E-state index >= 15 is 0 Å². The summed E-state index contributed by atoms with van der Waals surface area (Å²) in [6.07, 6.45) is 0.720. The minimum Gasteiger partial charge on any atom is -0.452 e. The van der Waals surface area contributed by atoms with Gasteiger partial charge in [-0.1, -0.05) is 6.07 Å². The van der Waals surface area contributed by atoms with Gasteiger partial charge in [-0.3, -0.25) is 9.69 Å². The van der Waals surface area contributed by atoms with Gasteiger partial charge in [-0.15, -0.1) is 11.3 Å². The van der Waals surface area contributed by atoms with Crippen molar-refractivity contribution >= 4 is 40.4 Å². The van der Waals surface area contributed by atoms with Crippen LogP contribution in [-0.2, 0) is 9.53 Å². The summed E-state index contributed by atoms with van der Waals surface area (Å²) >= 11 is 1.31.